The van der Waals surface area contributed by atoms with Crippen molar-refractivity contribution in [3.05, 3.63) is 53.1 Å². The normalized spacial score (nSPS) is 18.5. The molecule has 8 heteroatoms. The average molecular weight is 445 g/mol. The van der Waals surface area contributed by atoms with Crippen LogP contribution < -0.4 is 19.7 Å². The van der Waals surface area contributed by atoms with Gasteiger partial charge >= 0.3 is 0 Å². The van der Waals surface area contributed by atoms with Crippen LogP contribution >= 0.6 is 0 Å². The minimum Gasteiger partial charge on any atom is -0.493 e. The molecule has 172 valence electrons. The van der Waals surface area contributed by atoms with Crippen molar-refractivity contribution < 1.29 is 18.3 Å². The molecule has 4 rings (SSSR count). The van der Waals surface area contributed by atoms with E-state index in [4.69, 9.17) is 9.47 Å². The molecule has 1 fully saturated rings. The fraction of sp³-hybridized carbons (Fsp3) is 0.458. The van der Waals surface area contributed by atoms with Crippen molar-refractivity contribution in [1.82, 2.24) is 10.2 Å². The van der Waals surface area contributed by atoms with E-state index in [-0.39, 0.29) is 0 Å². The van der Waals surface area contributed by atoms with Crippen LogP contribution in [-0.2, 0) is 13.0 Å². The van der Waals surface area contributed by atoms with Crippen LogP contribution in [0.5, 0.6) is 11.5 Å². The van der Waals surface area contributed by atoms with Gasteiger partial charge in [-0.15, -0.1) is 0 Å². The number of rotatable bonds is 5. The summed E-state index contributed by atoms with van der Waals surface area (Å²) in [7, 11) is 5.10. The van der Waals surface area contributed by atoms with E-state index in [1.54, 1.807) is 27.3 Å². The van der Waals surface area contributed by atoms with E-state index in [1.807, 2.05) is 6.07 Å². The molecule has 2 aromatic rings. The molecule has 0 bridgehead atoms. The van der Waals surface area contributed by atoms with Crippen molar-refractivity contribution in [2.24, 2.45) is 10.9 Å². The highest BCUT2D eigenvalue weighted by Crippen LogP contribution is 2.33. The number of fused-ring (bicyclic) bond motifs is 1. The van der Waals surface area contributed by atoms with Crippen LogP contribution in [0.1, 0.15) is 17.5 Å². The van der Waals surface area contributed by atoms with E-state index < -0.39 is 11.6 Å². The summed E-state index contributed by atoms with van der Waals surface area (Å²) in [6.07, 6.45) is 1.90. The van der Waals surface area contributed by atoms with Gasteiger partial charge in [0.15, 0.2) is 29.1 Å². The molecular weight excluding hydrogens is 414 g/mol. The first-order valence-electron chi connectivity index (χ1n) is 10.9. The lowest BCUT2D eigenvalue weighted by Gasteiger charge is -2.32. The molecule has 1 saturated heterocycles. The predicted molar refractivity (Wildman–Crippen MR) is 122 cm³/mol. The summed E-state index contributed by atoms with van der Waals surface area (Å²) in [6, 6.07) is 8.22. The zero-order valence-corrected chi connectivity index (χ0v) is 18.8. The van der Waals surface area contributed by atoms with Gasteiger partial charge < -0.3 is 24.6 Å². The minimum atomic E-state index is -0.811. The maximum atomic E-state index is 13.6. The molecule has 32 heavy (non-hydrogen) atoms. The number of nitrogens with zero attached hydrogens (tertiary/aromatic N) is 3. The number of anilines is 1. The van der Waals surface area contributed by atoms with Crippen LogP contribution in [0.25, 0.3) is 0 Å². The monoisotopic (exact) mass is 444 g/mol. The largest absolute Gasteiger partial charge is 0.493 e. The molecule has 0 amide bonds. The molecule has 0 aliphatic carbocycles. The lowest BCUT2D eigenvalue weighted by Crippen LogP contribution is -2.45. The Kier molecular flexibility index (Phi) is 6.67. The maximum absolute atomic E-state index is 13.6. The molecule has 0 spiro atoms. The summed E-state index contributed by atoms with van der Waals surface area (Å²) in [4.78, 5) is 8.84. The van der Waals surface area contributed by atoms with Crippen molar-refractivity contribution in [2.75, 3.05) is 52.3 Å². The van der Waals surface area contributed by atoms with E-state index >= 15 is 0 Å². The number of benzene rings is 2. The van der Waals surface area contributed by atoms with Gasteiger partial charge in [0, 0.05) is 51.5 Å². The Labute approximate surface area is 187 Å². The zero-order chi connectivity index (χ0) is 22.7. The Morgan fingerprint density at radius 1 is 1.06 bits per heavy atom. The third-order valence-corrected chi connectivity index (χ3v) is 6.33. The third-order valence-electron chi connectivity index (χ3n) is 6.33. The summed E-state index contributed by atoms with van der Waals surface area (Å²) in [5, 5.41) is 3.51. The second-order valence-electron chi connectivity index (χ2n) is 8.27. The number of ether oxygens (including phenoxy) is 2. The van der Waals surface area contributed by atoms with Crippen molar-refractivity contribution >= 4 is 11.6 Å². The molecule has 1 atom stereocenters. The van der Waals surface area contributed by atoms with Crippen LogP contribution in [0.15, 0.2) is 35.3 Å². The number of halogens is 2. The van der Waals surface area contributed by atoms with E-state index in [0.29, 0.717) is 5.92 Å². The van der Waals surface area contributed by atoms with Crippen LogP contribution in [0.4, 0.5) is 14.5 Å². The smallest absolute Gasteiger partial charge is 0.193 e. The molecule has 2 heterocycles. The van der Waals surface area contributed by atoms with Gasteiger partial charge in [0.25, 0.3) is 0 Å². The molecule has 0 radical (unpaired) electrons. The molecule has 0 saturated carbocycles. The van der Waals surface area contributed by atoms with Crippen molar-refractivity contribution in [3.8, 4) is 11.5 Å². The Morgan fingerprint density at radius 2 is 1.81 bits per heavy atom. The Bertz CT molecular complexity index is 998. The molecule has 2 aromatic carbocycles. The van der Waals surface area contributed by atoms with Crippen molar-refractivity contribution in [3.63, 3.8) is 0 Å². The average Bonchev–Trinajstić information content (AvgIpc) is 3.29. The highest BCUT2D eigenvalue weighted by Gasteiger charge is 2.26. The molecule has 1 N–H and O–H groups in total. The van der Waals surface area contributed by atoms with Gasteiger partial charge in [0.1, 0.15) is 0 Å². The second kappa shape index (κ2) is 9.63. The molecule has 1 unspecified atom stereocenters. The predicted octanol–water partition coefficient (Wildman–Crippen LogP) is 3.44. The molecule has 0 aromatic heterocycles. The summed E-state index contributed by atoms with van der Waals surface area (Å²) in [6.45, 7) is 4.03. The summed E-state index contributed by atoms with van der Waals surface area (Å²) in [5.74, 6) is 1.16. The van der Waals surface area contributed by atoms with Crippen LogP contribution in [-0.4, -0.2) is 58.3 Å². The number of guanidine groups is 1. The number of hydrogen-bond donors (Lipinski definition) is 1. The van der Waals surface area contributed by atoms with Gasteiger partial charge in [-0.25, -0.2) is 8.78 Å². The lowest BCUT2D eigenvalue weighted by atomic mass is 9.99. The maximum Gasteiger partial charge on any atom is 0.193 e. The molecular formula is C24H30F2N4O2. The third kappa shape index (κ3) is 4.59. The number of nitrogens with one attached hydrogen (secondary N) is 1. The highest BCUT2D eigenvalue weighted by atomic mass is 19.2. The summed E-state index contributed by atoms with van der Waals surface area (Å²) < 4.78 is 37.7. The topological polar surface area (TPSA) is 49.3 Å². The number of aliphatic imine (C=N–C) groups is 1. The number of methoxy groups -OCH3 is 2. The first-order chi connectivity index (χ1) is 15.5. The van der Waals surface area contributed by atoms with Crippen LogP contribution in [0, 0.1) is 17.6 Å². The first kappa shape index (κ1) is 22.2. The molecule has 6 nitrogen and oxygen atoms in total. The molecule has 2 aliphatic heterocycles. The van der Waals surface area contributed by atoms with Crippen LogP contribution in [0.3, 0.4) is 0 Å². The van der Waals surface area contributed by atoms with Gasteiger partial charge in [0.2, 0.25) is 0 Å². The summed E-state index contributed by atoms with van der Waals surface area (Å²) in [5.41, 5.74) is 3.21. The summed E-state index contributed by atoms with van der Waals surface area (Å²) >= 11 is 0. The van der Waals surface area contributed by atoms with Gasteiger partial charge in [0.05, 0.1) is 14.2 Å². The van der Waals surface area contributed by atoms with Crippen molar-refractivity contribution in [1.29, 1.82) is 0 Å². The Morgan fingerprint density at radius 3 is 2.50 bits per heavy atom. The quantitative estimate of drug-likeness (QED) is 0.566. The van der Waals surface area contributed by atoms with Crippen LogP contribution in [0.2, 0.25) is 0 Å². The fourth-order valence-electron chi connectivity index (χ4n) is 4.55. The standard InChI is InChI=1S/C24H30F2N4O2/c1-27-24(30-9-7-17-10-22(31-2)23(32-3)11-18(17)15-30)28-13-16-6-8-29(14-16)19-4-5-20(25)21(26)12-19/h4-5,10-12,16H,6-9,13-15H2,1-3H3,(H,27,28). The molecule has 2 aliphatic rings. The van der Waals surface area contributed by atoms with Crippen molar-refractivity contribution in [2.45, 2.75) is 19.4 Å². The Hall–Kier alpha value is -3.03. The van der Waals surface area contributed by atoms with E-state index in [1.165, 1.54) is 23.3 Å². The van der Waals surface area contributed by atoms with Gasteiger partial charge in [-0.05, 0) is 54.2 Å². The second-order valence-corrected chi connectivity index (χ2v) is 8.27. The SMILES string of the molecule is CN=C(NCC1CCN(c2ccc(F)c(F)c2)C1)N1CCc2cc(OC)c(OC)cc2C1. The Balaban J connectivity index is 1.35. The van der Waals surface area contributed by atoms with E-state index in [0.717, 1.165) is 68.7 Å². The van der Waals surface area contributed by atoms with Gasteiger partial charge in [-0.3, -0.25) is 4.99 Å². The number of hydrogen-bond acceptors (Lipinski definition) is 4. The van der Waals surface area contributed by atoms with E-state index in [2.05, 4.69) is 26.2 Å². The fourth-order valence-corrected chi connectivity index (χ4v) is 4.55. The van der Waals surface area contributed by atoms with Gasteiger partial charge in [-0.2, -0.15) is 0 Å². The van der Waals surface area contributed by atoms with Gasteiger partial charge in [-0.1, -0.05) is 0 Å². The first-order valence-corrected chi connectivity index (χ1v) is 10.9. The van der Waals surface area contributed by atoms with E-state index in [9.17, 15) is 8.78 Å². The lowest BCUT2D eigenvalue weighted by molar-refractivity contribution is 0.345. The zero-order valence-electron chi connectivity index (χ0n) is 18.8. The minimum absolute atomic E-state index is 0.404. The highest BCUT2D eigenvalue weighted by molar-refractivity contribution is 5.80.